The summed E-state index contributed by atoms with van der Waals surface area (Å²) in [7, 11) is 0. The second-order valence-electron chi connectivity index (χ2n) is 8.32. The molecule has 4 atom stereocenters. The monoisotopic (exact) mass is 400 g/mol. The average Bonchev–Trinajstić information content (AvgIpc) is 3.09. The lowest BCUT2D eigenvalue weighted by molar-refractivity contribution is -0.0136. The molecular formula is C21H28N4O4. The highest BCUT2D eigenvalue weighted by atomic mass is 16.5. The lowest BCUT2D eigenvalue weighted by atomic mass is 10.0. The number of hydrogen-bond donors (Lipinski definition) is 2. The molecule has 2 aromatic rings. The molecular weight excluding hydrogens is 372 g/mol. The number of aryl methyl sites for hydroxylation is 1. The zero-order valence-corrected chi connectivity index (χ0v) is 17.1. The number of aliphatic hydroxyl groups is 1. The van der Waals surface area contributed by atoms with Gasteiger partial charge in [-0.1, -0.05) is 13.3 Å². The van der Waals surface area contributed by atoms with Gasteiger partial charge in [-0.25, -0.2) is 4.98 Å². The van der Waals surface area contributed by atoms with Crippen molar-refractivity contribution in [1.82, 2.24) is 14.5 Å². The molecule has 3 heterocycles. The number of aromatic nitrogens is 3. The lowest BCUT2D eigenvalue weighted by Gasteiger charge is -2.28. The second-order valence-corrected chi connectivity index (χ2v) is 8.32. The Morgan fingerprint density at radius 3 is 2.79 bits per heavy atom. The van der Waals surface area contributed by atoms with Crippen LogP contribution in [-0.2, 0) is 4.74 Å². The number of aliphatic hydroxyl groups excluding tert-OH is 1. The van der Waals surface area contributed by atoms with Gasteiger partial charge in [0.05, 0.1) is 24.3 Å². The Morgan fingerprint density at radius 1 is 1.34 bits per heavy atom. The van der Waals surface area contributed by atoms with Crippen LogP contribution in [-0.4, -0.2) is 50.8 Å². The number of anilines is 1. The van der Waals surface area contributed by atoms with E-state index in [0.717, 1.165) is 19.3 Å². The minimum atomic E-state index is -0.637. The molecule has 0 amide bonds. The van der Waals surface area contributed by atoms with Gasteiger partial charge in [-0.15, -0.1) is 0 Å². The summed E-state index contributed by atoms with van der Waals surface area (Å²) in [6.45, 7) is 6.19. The Balaban J connectivity index is 1.86. The maximum Gasteiger partial charge on any atom is 0.263 e. The van der Waals surface area contributed by atoms with Crippen LogP contribution in [0.5, 0.6) is 0 Å². The zero-order valence-electron chi connectivity index (χ0n) is 17.1. The molecule has 2 aromatic heterocycles. The first-order chi connectivity index (χ1) is 13.9. The number of nitrogens with one attached hydrogen (secondary N) is 1. The SMILES string of the molecule is CC(=O)c1c(C)c2cnc(N[C@H]3CCOC[C@@H]3O)nc2n([C@H]2CCC[C@H]2C)c1=O. The summed E-state index contributed by atoms with van der Waals surface area (Å²) in [4.78, 5) is 34.7. The summed E-state index contributed by atoms with van der Waals surface area (Å²) >= 11 is 0. The molecule has 1 saturated heterocycles. The van der Waals surface area contributed by atoms with Crippen molar-refractivity contribution in [1.29, 1.82) is 0 Å². The number of Topliss-reactive ketones (excluding diaryl/α,β-unsaturated/α-hetero) is 1. The molecule has 0 radical (unpaired) electrons. The van der Waals surface area contributed by atoms with Gasteiger partial charge in [-0.05, 0) is 44.6 Å². The molecule has 8 heteroatoms. The summed E-state index contributed by atoms with van der Waals surface area (Å²) in [5.74, 6) is 0.473. The molecule has 0 aromatic carbocycles. The number of hydrogen-bond acceptors (Lipinski definition) is 7. The quantitative estimate of drug-likeness (QED) is 0.758. The van der Waals surface area contributed by atoms with Gasteiger partial charge in [0.25, 0.3) is 5.56 Å². The Morgan fingerprint density at radius 2 is 2.14 bits per heavy atom. The second kappa shape index (κ2) is 7.84. The fourth-order valence-electron chi connectivity index (χ4n) is 4.69. The summed E-state index contributed by atoms with van der Waals surface area (Å²) in [6, 6.07) is -0.190. The van der Waals surface area contributed by atoms with E-state index >= 15 is 0 Å². The first-order valence-corrected chi connectivity index (χ1v) is 10.3. The van der Waals surface area contributed by atoms with Crippen LogP contribution in [0.3, 0.4) is 0 Å². The van der Waals surface area contributed by atoms with Gasteiger partial charge in [-0.2, -0.15) is 4.98 Å². The van der Waals surface area contributed by atoms with Crippen LogP contribution in [0.2, 0.25) is 0 Å². The van der Waals surface area contributed by atoms with E-state index in [1.54, 1.807) is 17.7 Å². The molecule has 1 saturated carbocycles. The van der Waals surface area contributed by atoms with E-state index in [1.807, 2.05) is 0 Å². The smallest absolute Gasteiger partial charge is 0.263 e. The van der Waals surface area contributed by atoms with Crippen LogP contribution in [0.1, 0.15) is 61.5 Å². The zero-order chi connectivity index (χ0) is 20.7. The van der Waals surface area contributed by atoms with Crippen LogP contribution in [0.4, 0.5) is 5.95 Å². The fourth-order valence-corrected chi connectivity index (χ4v) is 4.69. The Bertz CT molecular complexity index is 1000. The number of rotatable bonds is 4. The van der Waals surface area contributed by atoms with E-state index in [0.29, 0.717) is 41.5 Å². The number of nitrogens with zero attached hydrogens (tertiary/aromatic N) is 3. The summed E-state index contributed by atoms with van der Waals surface area (Å²) in [5.41, 5.74) is 1.13. The van der Waals surface area contributed by atoms with Crippen molar-refractivity contribution < 1.29 is 14.6 Å². The molecule has 4 rings (SSSR count). The van der Waals surface area contributed by atoms with E-state index in [4.69, 9.17) is 4.74 Å². The summed E-state index contributed by atoms with van der Waals surface area (Å²) in [6.07, 6.45) is 4.68. The van der Waals surface area contributed by atoms with Crippen LogP contribution in [0, 0.1) is 12.8 Å². The van der Waals surface area contributed by atoms with Crippen LogP contribution >= 0.6 is 0 Å². The van der Waals surface area contributed by atoms with Crippen molar-refractivity contribution in [3.8, 4) is 0 Å². The van der Waals surface area contributed by atoms with Crippen LogP contribution in [0.25, 0.3) is 11.0 Å². The van der Waals surface area contributed by atoms with Crippen LogP contribution < -0.4 is 10.9 Å². The van der Waals surface area contributed by atoms with Gasteiger partial charge in [0.2, 0.25) is 5.95 Å². The summed E-state index contributed by atoms with van der Waals surface area (Å²) in [5, 5.41) is 14.1. The average molecular weight is 400 g/mol. The highest BCUT2D eigenvalue weighted by Crippen LogP contribution is 2.36. The molecule has 156 valence electrons. The van der Waals surface area contributed by atoms with E-state index in [9.17, 15) is 14.7 Å². The molecule has 2 N–H and O–H groups in total. The van der Waals surface area contributed by atoms with Crippen molar-refractivity contribution in [3.05, 3.63) is 27.7 Å². The Kier molecular flexibility index (Phi) is 5.40. The number of carbonyl (C=O) groups excluding carboxylic acids is 1. The van der Waals surface area contributed by atoms with Gasteiger partial charge in [0.1, 0.15) is 5.65 Å². The third-order valence-corrected chi connectivity index (χ3v) is 6.35. The maximum absolute atomic E-state index is 13.3. The van der Waals surface area contributed by atoms with Gasteiger partial charge in [0.15, 0.2) is 5.78 Å². The number of fused-ring (bicyclic) bond motifs is 1. The molecule has 2 aliphatic rings. The van der Waals surface area contributed by atoms with E-state index in [2.05, 4.69) is 22.2 Å². The van der Waals surface area contributed by atoms with E-state index in [1.165, 1.54) is 6.92 Å². The normalized spacial score (nSPS) is 27.3. The minimum absolute atomic E-state index is 0.0140. The maximum atomic E-state index is 13.3. The number of ether oxygens (including phenoxy) is 1. The van der Waals surface area contributed by atoms with Gasteiger partial charge in [0, 0.05) is 24.2 Å². The van der Waals surface area contributed by atoms with Crippen molar-refractivity contribution >= 4 is 22.8 Å². The third-order valence-electron chi connectivity index (χ3n) is 6.35. The predicted molar refractivity (Wildman–Crippen MR) is 109 cm³/mol. The molecule has 8 nitrogen and oxygen atoms in total. The Hall–Kier alpha value is -2.32. The number of ketones is 1. The third kappa shape index (κ3) is 3.55. The first kappa shape index (κ1) is 20.0. The first-order valence-electron chi connectivity index (χ1n) is 10.3. The number of carbonyl (C=O) groups is 1. The van der Waals surface area contributed by atoms with Gasteiger partial charge >= 0.3 is 0 Å². The molecule has 1 aliphatic heterocycles. The van der Waals surface area contributed by atoms with E-state index < -0.39 is 6.10 Å². The molecule has 0 spiro atoms. The van der Waals surface area contributed by atoms with E-state index in [-0.39, 0.29) is 35.6 Å². The molecule has 29 heavy (non-hydrogen) atoms. The highest BCUT2D eigenvalue weighted by Gasteiger charge is 2.31. The van der Waals surface area contributed by atoms with Crippen molar-refractivity contribution in [2.45, 2.75) is 64.6 Å². The summed E-state index contributed by atoms with van der Waals surface area (Å²) < 4.78 is 6.99. The highest BCUT2D eigenvalue weighted by molar-refractivity contribution is 5.99. The Labute approximate surface area is 169 Å². The molecule has 2 fully saturated rings. The number of pyridine rings is 1. The minimum Gasteiger partial charge on any atom is -0.389 e. The van der Waals surface area contributed by atoms with Crippen LogP contribution in [0.15, 0.2) is 11.0 Å². The standard InChI is InChI=1S/C21H28N4O4/c1-11-5-4-6-16(11)25-19-14(12(2)18(13(3)26)20(25)28)9-22-21(24-19)23-15-7-8-29-10-17(15)27/h9,11,15-17,27H,4-8,10H2,1-3H3,(H,22,23,24)/t11-,15+,16+,17+/m1/s1. The topological polar surface area (TPSA) is 106 Å². The van der Waals surface area contributed by atoms with Crippen molar-refractivity contribution in [2.75, 3.05) is 18.5 Å². The lowest BCUT2D eigenvalue weighted by Crippen LogP contribution is -2.42. The molecule has 0 unspecified atom stereocenters. The van der Waals surface area contributed by atoms with Gasteiger partial charge < -0.3 is 15.2 Å². The molecule has 0 bridgehead atoms. The largest absolute Gasteiger partial charge is 0.389 e. The van der Waals surface area contributed by atoms with Crippen molar-refractivity contribution in [3.63, 3.8) is 0 Å². The van der Waals surface area contributed by atoms with Crippen molar-refractivity contribution in [2.24, 2.45) is 5.92 Å². The predicted octanol–water partition coefficient (Wildman–Crippen LogP) is 2.23. The molecule has 1 aliphatic carbocycles. The fraction of sp³-hybridized carbons (Fsp3) is 0.619. The van der Waals surface area contributed by atoms with Gasteiger partial charge in [-0.3, -0.25) is 14.2 Å².